The minimum Gasteiger partial charge on any atom is -0.394 e. The normalized spacial score (nSPS) is 11.0. The molecular weight excluding hydrogens is 264 g/mol. The molecule has 3 aromatic rings. The fraction of sp³-hybridized carbons (Fsp3) is 0.250. The van der Waals surface area contributed by atoms with Gasteiger partial charge in [0.2, 0.25) is 0 Å². The molecule has 0 unspecified atom stereocenters. The molecule has 2 heterocycles. The number of aryl methyl sites for hydroxylation is 1. The lowest BCUT2D eigenvalue weighted by Crippen LogP contribution is -2.08. The van der Waals surface area contributed by atoms with Gasteiger partial charge in [0, 0.05) is 18.3 Å². The average Bonchev–Trinajstić information content (AvgIpc) is 3.06. The first-order valence-corrected chi connectivity index (χ1v) is 6.94. The van der Waals surface area contributed by atoms with E-state index in [1.54, 1.807) is 4.68 Å². The van der Waals surface area contributed by atoms with E-state index in [9.17, 15) is 5.11 Å². The maximum atomic E-state index is 9.25. The summed E-state index contributed by atoms with van der Waals surface area (Å²) in [6.45, 7) is 2.52. The minimum absolute atomic E-state index is 0.0357. The van der Waals surface area contributed by atoms with Crippen molar-refractivity contribution in [2.45, 2.75) is 13.5 Å². The highest BCUT2D eigenvalue weighted by Crippen LogP contribution is 2.23. The van der Waals surface area contributed by atoms with E-state index in [4.69, 9.17) is 0 Å². The van der Waals surface area contributed by atoms with Crippen molar-refractivity contribution < 1.29 is 5.11 Å². The van der Waals surface area contributed by atoms with Crippen molar-refractivity contribution in [3.8, 4) is 22.9 Å². The first-order chi connectivity index (χ1) is 10.2. The molecule has 0 radical (unpaired) electrons. The molecule has 3 rings (SSSR count). The first-order valence-electron chi connectivity index (χ1n) is 6.94. The number of aromatic nitrogens is 4. The van der Waals surface area contributed by atoms with Gasteiger partial charge in [-0.3, -0.25) is 0 Å². The molecule has 0 amide bonds. The third-order valence-electron chi connectivity index (χ3n) is 3.62. The van der Waals surface area contributed by atoms with Crippen molar-refractivity contribution in [2.24, 2.45) is 7.05 Å². The fourth-order valence-electron chi connectivity index (χ4n) is 2.33. The van der Waals surface area contributed by atoms with Gasteiger partial charge in [-0.1, -0.05) is 30.3 Å². The monoisotopic (exact) mass is 282 g/mol. The van der Waals surface area contributed by atoms with E-state index >= 15 is 0 Å². The zero-order valence-electron chi connectivity index (χ0n) is 12.2. The molecule has 21 heavy (non-hydrogen) atoms. The summed E-state index contributed by atoms with van der Waals surface area (Å²) in [4.78, 5) is 4.66. The fourth-order valence-corrected chi connectivity index (χ4v) is 2.33. The lowest BCUT2D eigenvalue weighted by atomic mass is 10.2. The van der Waals surface area contributed by atoms with Crippen molar-refractivity contribution in [3.05, 3.63) is 48.2 Å². The molecule has 0 aliphatic rings. The van der Waals surface area contributed by atoms with E-state index in [2.05, 4.69) is 20.7 Å². The first kappa shape index (κ1) is 13.6. The predicted molar refractivity (Wildman–Crippen MR) is 81.7 cm³/mol. The second-order valence-electron chi connectivity index (χ2n) is 4.99. The second kappa shape index (κ2) is 5.54. The zero-order chi connectivity index (χ0) is 14.8. The van der Waals surface area contributed by atoms with Gasteiger partial charge in [0.1, 0.15) is 0 Å². The van der Waals surface area contributed by atoms with Crippen molar-refractivity contribution in [3.63, 3.8) is 0 Å². The van der Waals surface area contributed by atoms with E-state index in [0.717, 1.165) is 22.8 Å². The number of aliphatic hydroxyl groups excluding tert-OH is 1. The lowest BCUT2D eigenvalue weighted by molar-refractivity contribution is 0.270. The molecule has 0 bridgehead atoms. The third-order valence-corrected chi connectivity index (χ3v) is 3.62. The van der Waals surface area contributed by atoms with Crippen LogP contribution in [0.5, 0.6) is 0 Å². The molecule has 0 spiro atoms. The van der Waals surface area contributed by atoms with E-state index in [1.165, 1.54) is 0 Å². The SMILES string of the molecule is Cc1ccc(-c2nc(-c3ccccc3)nn2CCO)n1C. The van der Waals surface area contributed by atoms with Gasteiger partial charge < -0.3 is 9.67 Å². The Labute approximate surface area is 123 Å². The molecule has 5 nitrogen and oxygen atoms in total. The summed E-state index contributed by atoms with van der Waals surface area (Å²) in [5.41, 5.74) is 3.13. The Morgan fingerprint density at radius 2 is 1.86 bits per heavy atom. The van der Waals surface area contributed by atoms with Crippen molar-refractivity contribution >= 4 is 0 Å². The number of hydrogen-bond donors (Lipinski definition) is 1. The van der Waals surface area contributed by atoms with Gasteiger partial charge in [0.25, 0.3) is 0 Å². The second-order valence-corrected chi connectivity index (χ2v) is 4.99. The standard InChI is InChI=1S/C16H18N4O/c1-12-8-9-14(19(12)2)16-17-15(18-20(16)10-11-21)13-6-4-3-5-7-13/h3-9,21H,10-11H2,1-2H3. The van der Waals surface area contributed by atoms with Gasteiger partial charge in [-0.05, 0) is 19.1 Å². The summed E-state index contributed by atoms with van der Waals surface area (Å²) in [6, 6.07) is 14.0. The van der Waals surface area contributed by atoms with Crippen LogP contribution in [0.15, 0.2) is 42.5 Å². The Balaban J connectivity index is 2.11. The molecule has 1 aromatic carbocycles. The van der Waals surface area contributed by atoms with E-state index < -0.39 is 0 Å². The predicted octanol–water partition coefficient (Wildman–Crippen LogP) is 2.25. The van der Waals surface area contributed by atoms with Crippen LogP contribution >= 0.6 is 0 Å². The van der Waals surface area contributed by atoms with Crippen LogP contribution < -0.4 is 0 Å². The molecule has 0 atom stereocenters. The number of rotatable bonds is 4. The summed E-state index contributed by atoms with van der Waals surface area (Å²) in [6.07, 6.45) is 0. The lowest BCUT2D eigenvalue weighted by Gasteiger charge is -2.06. The largest absolute Gasteiger partial charge is 0.394 e. The van der Waals surface area contributed by atoms with Crippen LogP contribution in [0.25, 0.3) is 22.9 Å². The topological polar surface area (TPSA) is 55.9 Å². The van der Waals surface area contributed by atoms with Crippen LogP contribution in [0.4, 0.5) is 0 Å². The van der Waals surface area contributed by atoms with Crippen molar-refractivity contribution in [1.29, 1.82) is 0 Å². The highest BCUT2D eigenvalue weighted by molar-refractivity contribution is 5.60. The van der Waals surface area contributed by atoms with Gasteiger partial charge in [-0.15, -0.1) is 0 Å². The smallest absolute Gasteiger partial charge is 0.181 e. The van der Waals surface area contributed by atoms with E-state index in [-0.39, 0.29) is 6.61 Å². The Bertz CT molecular complexity index is 743. The van der Waals surface area contributed by atoms with Gasteiger partial charge in [-0.25, -0.2) is 9.67 Å². The van der Waals surface area contributed by atoms with Crippen LogP contribution in [0, 0.1) is 6.92 Å². The summed E-state index contributed by atoms with van der Waals surface area (Å²) < 4.78 is 3.84. The number of hydrogen-bond acceptors (Lipinski definition) is 3. The molecule has 0 aliphatic carbocycles. The molecule has 0 saturated carbocycles. The minimum atomic E-state index is 0.0357. The van der Waals surface area contributed by atoms with Crippen LogP contribution in [0.1, 0.15) is 5.69 Å². The Morgan fingerprint density at radius 1 is 1.10 bits per heavy atom. The van der Waals surface area contributed by atoms with Crippen molar-refractivity contribution in [1.82, 2.24) is 19.3 Å². The van der Waals surface area contributed by atoms with Crippen molar-refractivity contribution in [2.75, 3.05) is 6.61 Å². The van der Waals surface area contributed by atoms with Crippen LogP contribution in [0.3, 0.4) is 0 Å². The quantitative estimate of drug-likeness (QED) is 0.798. The molecular formula is C16H18N4O. The van der Waals surface area contributed by atoms with E-state index in [1.807, 2.05) is 50.4 Å². The van der Waals surface area contributed by atoms with Gasteiger partial charge >= 0.3 is 0 Å². The average molecular weight is 282 g/mol. The van der Waals surface area contributed by atoms with Crippen LogP contribution in [-0.2, 0) is 13.6 Å². The zero-order valence-corrected chi connectivity index (χ0v) is 12.2. The molecule has 0 saturated heterocycles. The Kier molecular flexibility index (Phi) is 3.58. The number of aliphatic hydroxyl groups is 1. The Morgan fingerprint density at radius 3 is 2.48 bits per heavy atom. The summed E-state index contributed by atoms with van der Waals surface area (Å²) >= 11 is 0. The molecule has 0 fully saturated rings. The maximum absolute atomic E-state index is 9.25. The third kappa shape index (κ3) is 2.48. The molecule has 2 aromatic heterocycles. The van der Waals surface area contributed by atoms with Gasteiger partial charge in [0.05, 0.1) is 18.8 Å². The number of nitrogens with zero attached hydrogens (tertiary/aromatic N) is 4. The highest BCUT2D eigenvalue weighted by atomic mass is 16.3. The molecule has 0 aliphatic heterocycles. The maximum Gasteiger partial charge on any atom is 0.181 e. The molecule has 1 N–H and O–H groups in total. The summed E-state index contributed by atoms with van der Waals surface area (Å²) in [7, 11) is 2.00. The number of benzene rings is 1. The van der Waals surface area contributed by atoms with Crippen LogP contribution in [0.2, 0.25) is 0 Å². The molecule has 108 valence electrons. The Hall–Kier alpha value is -2.40. The van der Waals surface area contributed by atoms with E-state index in [0.29, 0.717) is 12.4 Å². The van der Waals surface area contributed by atoms with Gasteiger partial charge in [0.15, 0.2) is 11.6 Å². The summed E-state index contributed by atoms with van der Waals surface area (Å²) in [5.74, 6) is 1.46. The highest BCUT2D eigenvalue weighted by Gasteiger charge is 2.15. The van der Waals surface area contributed by atoms with Crippen LogP contribution in [-0.4, -0.2) is 31.0 Å². The van der Waals surface area contributed by atoms with Gasteiger partial charge in [-0.2, -0.15) is 5.10 Å². The molecule has 5 heteroatoms. The summed E-state index contributed by atoms with van der Waals surface area (Å²) in [5, 5.41) is 13.8.